The van der Waals surface area contributed by atoms with E-state index < -0.39 is 0 Å². The lowest BCUT2D eigenvalue weighted by Crippen LogP contribution is -2.17. The van der Waals surface area contributed by atoms with Crippen molar-refractivity contribution in [1.82, 2.24) is 0 Å². The number of hydrogen-bond acceptors (Lipinski definition) is 5. The first-order valence-electron chi connectivity index (χ1n) is 6.52. The minimum atomic E-state index is 0.537. The number of fused-ring (bicyclic) bond motifs is 1. The molecule has 0 amide bonds. The van der Waals surface area contributed by atoms with E-state index in [2.05, 4.69) is 23.1 Å². The molecule has 1 aliphatic rings. The lowest BCUT2D eigenvalue weighted by atomic mass is 9.76. The number of rotatable bonds is 1. The van der Waals surface area contributed by atoms with E-state index in [1.165, 1.54) is 0 Å². The Hall–Kier alpha value is -2.60. The zero-order chi connectivity index (χ0) is 16.3. The van der Waals surface area contributed by atoms with Gasteiger partial charge in [-0.1, -0.05) is 30.8 Å². The van der Waals surface area contributed by atoms with Gasteiger partial charge in [-0.3, -0.25) is 5.14 Å². The molecule has 2 rings (SSSR count). The van der Waals surface area contributed by atoms with Crippen molar-refractivity contribution < 1.29 is 0 Å². The van der Waals surface area contributed by atoms with E-state index in [4.69, 9.17) is 5.14 Å². The second-order valence-electron chi connectivity index (χ2n) is 4.79. The lowest BCUT2D eigenvalue weighted by molar-refractivity contribution is 1.40. The first-order valence-corrected chi connectivity index (χ1v) is 7.36. The number of allylic oxidation sites excluding steroid dienone is 5. The molecule has 0 fully saturated rings. The van der Waals surface area contributed by atoms with Gasteiger partial charge in [-0.15, -0.1) is 0 Å². The molecule has 0 radical (unpaired) electrons. The van der Waals surface area contributed by atoms with E-state index in [-0.39, 0.29) is 0 Å². The summed E-state index contributed by atoms with van der Waals surface area (Å²) in [5.41, 5.74) is 5.48. The van der Waals surface area contributed by atoms with Crippen LogP contribution in [0.2, 0.25) is 0 Å². The van der Waals surface area contributed by atoms with Crippen molar-refractivity contribution in [2.24, 2.45) is 9.54 Å². The van der Waals surface area contributed by atoms with Crippen molar-refractivity contribution in [3.8, 4) is 12.1 Å². The van der Waals surface area contributed by atoms with E-state index in [1.807, 2.05) is 24.3 Å². The molecule has 4 nitrogen and oxygen atoms in total. The molecule has 1 aromatic rings. The quantitative estimate of drug-likeness (QED) is 0.631. The van der Waals surface area contributed by atoms with E-state index in [1.54, 1.807) is 13.8 Å². The fourth-order valence-corrected chi connectivity index (χ4v) is 2.86. The number of nitriles is 2. The van der Waals surface area contributed by atoms with Gasteiger partial charge in [-0.2, -0.15) is 14.9 Å². The highest BCUT2D eigenvalue weighted by Crippen LogP contribution is 2.42. The van der Waals surface area contributed by atoms with Gasteiger partial charge in [0.25, 0.3) is 0 Å². The summed E-state index contributed by atoms with van der Waals surface area (Å²) < 4.78 is 4.24. The predicted octanol–water partition coefficient (Wildman–Crippen LogP) is 3.81. The Bertz CT molecular complexity index is 829. The van der Waals surface area contributed by atoms with Crippen LogP contribution in [0.1, 0.15) is 25.0 Å². The van der Waals surface area contributed by atoms with Crippen molar-refractivity contribution in [2.45, 2.75) is 13.8 Å². The second-order valence-corrected chi connectivity index (χ2v) is 5.19. The van der Waals surface area contributed by atoms with Gasteiger partial charge in [-0.05, 0) is 25.0 Å². The average Bonchev–Trinajstić information content (AvgIpc) is 2.54. The van der Waals surface area contributed by atoms with Crippen LogP contribution in [0.15, 0.2) is 52.0 Å². The van der Waals surface area contributed by atoms with Gasteiger partial charge in [0.1, 0.15) is 0 Å². The lowest BCUT2D eigenvalue weighted by Gasteiger charge is -2.26. The van der Waals surface area contributed by atoms with Crippen LogP contribution in [0.3, 0.4) is 0 Å². The standard InChI is InChI=1S/C17H14N4S/c1-10(8-18)15-12(3)17(21-22-20)16(11(2)9-19)14-7-5-4-6-13(14)15/h4-7H,3,20H2,1-2H3/b15-10+,16-11-,21-17?. The molecule has 22 heavy (non-hydrogen) atoms. The maximum absolute atomic E-state index is 9.31. The largest absolute Gasteiger partial charge is 0.258 e. The monoisotopic (exact) mass is 306 g/mol. The molecule has 0 aromatic heterocycles. The molecule has 0 saturated heterocycles. The fourth-order valence-electron chi connectivity index (χ4n) is 2.55. The minimum absolute atomic E-state index is 0.537. The summed E-state index contributed by atoms with van der Waals surface area (Å²) in [6.07, 6.45) is 0. The normalized spacial score (nSPS) is 20.0. The third-order valence-corrected chi connectivity index (χ3v) is 3.81. The second kappa shape index (κ2) is 6.44. The highest BCUT2D eigenvalue weighted by Gasteiger charge is 2.29. The summed E-state index contributed by atoms with van der Waals surface area (Å²) in [5, 5.41) is 24.1. The molecule has 0 unspecified atom stereocenters. The highest BCUT2D eigenvalue weighted by atomic mass is 32.2. The van der Waals surface area contributed by atoms with Crippen LogP contribution >= 0.6 is 12.1 Å². The first-order chi connectivity index (χ1) is 10.6. The molecule has 0 bridgehead atoms. The Morgan fingerprint density at radius 3 is 2.09 bits per heavy atom. The molecule has 0 spiro atoms. The Kier molecular flexibility index (Phi) is 4.62. The van der Waals surface area contributed by atoms with Gasteiger partial charge >= 0.3 is 0 Å². The minimum Gasteiger partial charge on any atom is -0.258 e. The molecule has 2 N–H and O–H groups in total. The van der Waals surface area contributed by atoms with Crippen molar-refractivity contribution >= 4 is 29.0 Å². The van der Waals surface area contributed by atoms with Crippen molar-refractivity contribution in [3.05, 3.63) is 58.7 Å². The molecule has 5 heteroatoms. The molecule has 1 aliphatic carbocycles. The third kappa shape index (κ3) is 2.48. The summed E-state index contributed by atoms with van der Waals surface area (Å²) in [6, 6.07) is 12.0. The maximum atomic E-state index is 9.31. The number of benzene rings is 1. The number of nitrogens with two attached hydrogens (primary N) is 1. The van der Waals surface area contributed by atoms with Crippen LogP contribution in [0.4, 0.5) is 0 Å². The average molecular weight is 306 g/mol. The maximum Gasteiger partial charge on any atom is 0.0951 e. The SMILES string of the molecule is C=C1C(=NSN)/C(=C(/C)C#N)c2ccccc2/C1=C(\C)C#N. The van der Waals surface area contributed by atoms with Gasteiger partial charge in [0, 0.05) is 27.9 Å². The molecule has 0 heterocycles. The number of nitrogens with zero attached hydrogens (tertiary/aromatic N) is 3. The predicted molar refractivity (Wildman–Crippen MR) is 91.2 cm³/mol. The first kappa shape index (κ1) is 15.8. The molecule has 1 aromatic carbocycles. The Balaban J connectivity index is 2.97. The van der Waals surface area contributed by atoms with E-state index >= 15 is 0 Å². The van der Waals surface area contributed by atoms with Crippen LogP contribution < -0.4 is 5.14 Å². The summed E-state index contributed by atoms with van der Waals surface area (Å²) in [5.74, 6) is 0. The zero-order valence-corrected chi connectivity index (χ0v) is 13.2. The highest BCUT2D eigenvalue weighted by molar-refractivity contribution is 7.96. The fraction of sp³-hybridized carbons (Fsp3) is 0.118. The summed E-state index contributed by atoms with van der Waals surface area (Å²) >= 11 is 0.818. The van der Waals surface area contributed by atoms with Gasteiger partial charge < -0.3 is 0 Å². The third-order valence-electron chi connectivity index (χ3n) is 3.52. The van der Waals surface area contributed by atoms with Crippen molar-refractivity contribution in [1.29, 1.82) is 10.5 Å². The smallest absolute Gasteiger partial charge is 0.0951 e. The Morgan fingerprint density at radius 2 is 1.59 bits per heavy atom. The van der Waals surface area contributed by atoms with Crippen LogP contribution in [0, 0.1) is 22.7 Å². The van der Waals surface area contributed by atoms with Crippen molar-refractivity contribution in [2.75, 3.05) is 0 Å². The molecule has 0 aliphatic heterocycles. The molecular formula is C17H14N4S. The van der Waals surface area contributed by atoms with Gasteiger partial charge in [0.2, 0.25) is 0 Å². The summed E-state index contributed by atoms with van der Waals surface area (Å²) in [7, 11) is 0. The van der Waals surface area contributed by atoms with Crippen molar-refractivity contribution in [3.63, 3.8) is 0 Å². The van der Waals surface area contributed by atoms with E-state index in [0.717, 1.165) is 34.4 Å². The molecule has 0 saturated carbocycles. The van der Waals surface area contributed by atoms with Crippen LogP contribution in [0.5, 0.6) is 0 Å². The van der Waals surface area contributed by atoms with E-state index in [9.17, 15) is 10.5 Å². The van der Waals surface area contributed by atoms with Crippen LogP contribution in [0.25, 0.3) is 11.1 Å². The topological polar surface area (TPSA) is 86.0 Å². The van der Waals surface area contributed by atoms with E-state index in [0.29, 0.717) is 22.4 Å². The Labute approximate surface area is 134 Å². The Morgan fingerprint density at radius 1 is 1.09 bits per heavy atom. The summed E-state index contributed by atoms with van der Waals surface area (Å²) in [4.78, 5) is 0. The molecule has 108 valence electrons. The molecular weight excluding hydrogens is 292 g/mol. The zero-order valence-electron chi connectivity index (χ0n) is 12.3. The van der Waals surface area contributed by atoms with Crippen LogP contribution in [-0.2, 0) is 0 Å². The van der Waals surface area contributed by atoms with Gasteiger partial charge in [0.15, 0.2) is 0 Å². The van der Waals surface area contributed by atoms with Gasteiger partial charge in [0.05, 0.1) is 30.0 Å². The number of hydrogen-bond donors (Lipinski definition) is 1. The summed E-state index contributed by atoms with van der Waals surface area (Å²) in [6.45, 7) is 7.56. The molecule has 0 atom stereocenters. The van der Waals surface area contributed by atoms with Gasteiger partial charge in [-0.25, -0.2) is 0 Å². The van der Waals surface area contributed by atoms with Crippen LogP contribution in [-0.4, -0.2) is 5.71 Å².